The molecule has 0 radical (unpaired) electrons. The molecule has 1 aliphatic heterocycles. The summed E-state index contributed by atoms with van der Waals surface area (Å²) in [4.78, 5) is 23.5. The van der Waals surface area contributed by atoms with Gasteiger partial charge < -0.3 is 9.15 Å². The lowest BCUT2D eigenvalue weighted by molar-refractivity contribution is -0.384. The van der Waals surface area contributed by atoms with Crippen LogP contribution in [0.5, 0.6) is 5.75 Å². The van der Waals surface area contributed by atoms with Gasteiger partial charge in [0.1, 0.15) is 17.3 Å². The zero-order valence-electron chi connectivity index (χ0n) is 16.9. The van der Waals surface area contributed by atoms with E-state index in [9.17, 15) is 28.1 Å². The number of carbonyl (C=O) groups is 1. The number of ether oxygens (including phenoxy) is 1. The number of carbonyl (C=O) groups excluding carboxylic acids is 1. The Morgan fingerprint density at radius 2 is 1.85 bits per heavy atom. The number of alkyl halides is 3. The Kier molecular flexibility index (Phi) is 5.46. The summed E-state index contributed by atoms with van der Waals surface area (Å²) >= 11 is 0. The van der Waals surface area contributed by atoms with E-state index in [1.807, 2.05) is 0 Å². The summed E-state index contributed by atoms with van der Waals surface area (Å²) in [6, 6.07) is 14.4. The van der Waals surface area contributed by atoms with Crippen LogP contribution < -0.4 is 9.75 Å². The zero-order valence-corrected chi connectivity index (χ0v) is 16.9. The summed E-state index contributed by atoms with van der Waals surface area (Å²) in [5.74, 6) is -0.803. The van der Waals surface area contributed by atoms with Gasteiger partial charge in [-0.3, -0.25) is 14.9 Å². The molecule has 0 spiro atoms. The van der Waals surface area contributed by atoms with Gasteiger partial charge in [0.05, 0.1) is 34.9 Å². The second-order valence-electron chi connectivity index (χ2n) is 6.80. The van der Waals surface area contributed by atoms with Crippen molar-refractivity contribution < 1.29 is 32.0 Å². The van der Waals surface area contributed by atoms with E-state index in [-0.39, 0.29) is 34.2 Å². The molecular weight excluding hydrogens is 443 g/mol. The first kappa shape index (κ1) is 21.8. The molecule has 0 saturated heterocycles. The highest BCUT2D eigenvalue weighted by atomic mass is 19.4. The maximum Gasteiger partial charge on any atom is 0.435 e. The van der Waals surface area contributed by atoms with Crippen molar-refractivity contribution in [3.63, 3.8) is 0 Å². The van der Waals surface area contributed by atoms with Crippen molar-refractivity contribution in [3.8, 4) is 17.1 Å². The quantitative estimate of drug-likeness (QED) is 0.298. The van der Waals surface area contributed by atoms with Crippen molar-refractivity contribution in [1.29, 1.82) is 0 Å². The molecular formula is C22H14F3N3O5. The van der Waals surface area contributed by atoms with Crippen LogP contribution in [0.25, 0.3) is 17.4 Å². The molecule has 8 nitrogen and oxygen atoms in total. The summed E-state index contributed by atoms with van der Waals surface area (Å²) < 4.78 is 51.3. The zero-order chi connectivity index (χ0) is 23.8. The molecule has 1 amide bonds. The Morgan fingerprint density at radius 1 is 1.12 bits per heavy atom. The maximum atomic E-state index is 13.6. The number of furan rings is 1. The van der Waals surface area contributed by atoms with Gasteiger partial charge in [0, 0.05) is 0 Å². The lowest BCUT2D eigenvalue weighted by Crippen LogP contribution is -2.25. The fraction of sp³-hybridized carbons (Fsp3) is 0.0909. The average Bonchev–Trinajstić information content (AvgIpc) is 3.39. The number of nitrogens with zero attached hydrogens (tertiary/aromatic N) is 3. The predicted octanol–water partition coefficient (Wildman–Crippen LogP) is 5.21. The van der Waals surface area contributed by atoms with Crippen LogP contribution in [-0.2, 0) is 4.79 Å². The van der Waals surface area contributed by atoms with E-state index in [0.717, 1.165) is 6.08 Å². The number of hydrazone groups is 1. The minimum Gasteiger partial charge on any atom is -0.497 e. The van der Waals surface area contributed by atoms with E-state index in [4.69, 9.17) is 9.15 Å². The smallest absolute Gasteiger partial charge is 0.435 e. The molecule has 0 unspecified atom stereocenters. The Hall–Kier alpha value is -4.41. The first-order chi connectivity index (χ1) is 15.7. The van der Waals surface area contributed by atoms with Crippen molar-refractivity contribution in [1.82, 2.24) is 0 Å². The molecule has 0 atom stereocenters. The third kappa shape index (κ3) is 4.20. The van der Waals surface area contributed by atoms with Gasteiger partial charge in [-0.25, -0.2) is 0 Å². The monoisotopic (exact) mass is 457 g/mol. The third-order valence-corrected chi connectivity index (χ3v) is 4.73. The Labute approximate surface area is 184 Å². The van der Waals surface area contributed by atoms with Crippen LogP contribution in [0.15, 0.2) is 75.8 Å². The van der Waals surface area contributed by atoms with Crippen LogP contribution in [0.4, 0.5) is 24.5 Å². The van der Waals surface area contributed by atoms with Gasteiger partial charge in [-0.05, 0) is 42.5 Å². The van der Waals surface area contributed by atoms with Crippen LogP contribution in [0, 0.1) is 10.1 Å². The molecule has 3 aromatic rings. The van der Waals surface area contributed by atoms with E-state index in [2.05, 4.69) is 5.10 Å². The van der Waals surface area contributed by atoms with Crippen molar-refractivity contribution in [2.45, 2.75) is 6.18 Å². The molecule has 1 aliphatic rings. The molecule has 0 saturated carbocycles. The third-order valence-electron chi connectivity index (χ3n) is 4.73. The fourth-order valence-corrected chi connectivity index (χ4v) is 3.21. The van der Waals surface area contributed by atoms with Gasteiger partial charge in [0.25, 0.3) is 11.6 Å². The Balaban J connectivity index is 1.74. The average molecular weight is 457 g/mol. The molecule has 2 heterocycles. The van der Waals surface area contributed by atoms with Crippen LogP contribution in [0.2, 0.25) is 0 Å². The van der Waals surface area contributed by atoms with Gasteiger partial charge in [0.2, 0.25) is 0 Å². The fourth-order valence-electron chi connectivity index (χ4n) is 3.21. The summed E-state index contributed by atoms with van der Waals surface area (Å²) in [7, 11) is 1.35. The molecule has 1 aromatic heterocycles. The van der Waals surface area contributed by atoms with Crippen molar-refractivity contribution in [2.75, 3.05) is 12.1 Å². The number of halogens is 3. The molecule has 0 bridgehead atoms. The minimum absolute atomic E-state index is 0.0343. The number of para-hydroxylation sites is 1. The highest BCUT2D eigenvalue weighted by Crippen LogP contribution is 2.36. The van der Waals surface area contributed by atoms with E-state index >= 15 is 0 Å². The van der Waals surface area contributed by atoms with Crippen molar-refractivity contribution in [3.05, 3.63) is 82.1 Å². The first-order valence-corrected chi connectivity index (χ1v) is 9.39. The molecule has 0 N–H and O–H groups in total. The normalized spacial score (nSPS) is 15.2. The van der Waals surface area contributed by atoms with Crippen LogP contribution in [0.1, 0.15) is 5.76 Å². The van der Waals surface area contributed by atoms with Gasteiger partial charge in [-0.1, -0.05) is 18.2 Å². The number of rotatable bonds is 5. The minimum atomic E-state index is -4.89. The molecule has 33 heavy (non-hydrogen) atoms. The predicted molar refractivity (Wildman–Crippen MR) is 113 cm³/mol. The van der Waals surface area contributed by atoms with Crippen LogP contribution in [0.3, 0.4) is 0 Å². The summed E-state index contributed by atoms with van der Waals surface area (Å²) in [5, 5.41) is 15.6. The molecule has 168 valence electrons. The summed E-state index contributed by atoms with van der Waals surface area (Å²) in [6.07, 6.45) is -3.98. The number of hydrogen-bond donors (Lipinski definition) is 0. The van der Waals surface area contributed by atoms with E-state index in [1.165, 1.54) is 49.6 Å². The van der Waals surface area contributed by atoms with Crippen molar-refractivity contribution in [2.24, 2.45) is 5.10 Å². The largest absolute Gasteiger partial charge is 0.497 e. The number of anilines is 1. The first-order valence-electron chi connectivity index (χ1n) is 9.39. The Morgan fingerprint density at radius 3 is 2.48 bits per heavy atom. The Bertz CT molecular complexity index is 1300. The van der Waals surface area contributed by atoms with Crippen LogP contribution >= 0.6 is 0 Å². The number of nitro benzene ring substituents is 1. The summed E-state index contributed by atoms with van der Waals surface area (Å²) in [6.45, 7) is 0. The number of nitro groups is 1. The second kappa shape index (κ2) is 8.26. The van der Waals surface area contributed by atoms with Gasteiger partial charge >= 0.3 is 6.18 Å². The highest BCUT2D eigenvalue weighted by molar-refractivity contribution is 6.34. The molecule has 2 aromatic carbocycles. The van der Waals surface area contributed by atoms with Crippen molar-refractivity contribution >= 4 is 29.1 Å². The number of methoxy groups -OCH3 is 1. The lowest BCUT2D eigenvalue weighted by atomic mass is 10.1. The maximum absolute atomic E-state index is 13.6. The topological polar surface area (TPSA) is 98.2 Å². The molecule has 11 heteroatoms. The van der Waals surface area contributed by atoms with Gasteiger partial charge in [0.15, 0.2) is 5.71 Å². The number of hydrogen-bond acceptors (Lipinski definition) is 6. The summed E-state index contributed by atoms with van der Waals surface area (Å²) in [5.41, 5.74) is -2.13. The molecule has 0 aliphatic carbocycles. The van der Waals surface area contributed by atoms with E-state index in [1.54, 1.807) is 18.2 Å². The van der Waals surface area contributed by atoms with Gasteiger partial charge in [-0.15, -0.1) is 0 Å². The standard InChI is InChI=1S/C22H14F3N3O5/c1-32-14-7-9-16(18(12-14)28(30)31)19-10-8-15(33-19)11-17-20(22(23,24)25)26-27(21(17)29)13-5-3-2-4-6-13/h2-12H,1H3. The second-order valence-corrected chi connectivity index (χ2v) is 6.80. The number of benzene rings is 2. The highest BCUT2D eigenvalue weighted by Gasteiger charge is 2.47. The lowest BCUT2D eigenvalue weighted by Gasteiger charge is -2.10. The van der Waals surface area contributed by atoms with E-state index < -0.39 is 28.3 Å². The van der Waals surface area contributed by atoms with Gasteiger partial charge in [-0.2, -0.15) is 23.3 Å². The molecule has 0 fully saturated rings. The van der Waals surface area contributed by atoms with Crippen LogP contribution in [-0.4, -0.2) is 29.8 Å². The molecule has 4 rings (SSSR count). The number of amides is 1. The SMILES string of the molecule is COc1ccc(-c2ccc(C=C3C(=O)N(c4ccccc4)N=C3C(F)(F)F)o2)c([N+](=O)[O-])c1. The van der Waals surface area contributed by atoms with E-state index in [0.29, 0.717) is 5.01 Å².